The molecule has 2 aromatic heterocycles. The average molecular weight is 326 g/mol. The molecule has 2 aromatic rings. The molecule has 0 aliphatic carbocycles. The second kappa shape index (κ2) is 7.16. The highest BCUT2D eigenvalue weighted by Gasteiger charge is 2.33. The minimum Gasteiger partial charge on any atom is -0.332 e. The highest BCUT2D eigenvalue weighted by Crippen LogP contribution is 2.33. The van der Waals surface area contributed by atoms with Gasteiger partial charge in [0.2, 0.25) is 5.91 Å². The molecule has 1 unspecified atom stereocenters. The van der Waals surface area contributed by atoms with Gasteiger partial charge in [-0.15, -0.1) is 0 Å². The van der Waals surface area contributed by atoms with Gasteiger partial charge in [-0.05, 0) is 43.4 Å². The number of hydrogen-bond donors (Lipinski definition) is 0. The molecular weight excluding hydrogens is 300 g/mol. The van der Waals surface area contributed by atoms with E-state index >= 15 is 0 Å². The van der Waals surface area contributed by atoms with Gasteiger partial charge in [-0.1, -0.05) is 13.8 Å². The fraction of sp³-hybridized carbons (Fsp3) is 0.526. The molecule has 0 bridgehead atoms. The number of carbonyl (C=O) groups is 1. The van der Waals surface area contributed by atoms with Crippen molar-refractivity contribution in [1.29, 1.82) is 0 Å². The van der Waals surface area contributed by atoms with E-state index in [-0.39, 0.29) is 11.9 Å². The third-order valence-corrected chi connectivity index (χ3v) is 4.63. The van der Waals surface area contributed by atoms with E-state index in [1.54, 1.807) is 0 Å². The van der Waals surface area contributed by atoms with Crippen LogP contribution in [0.25, 0.3) is 0 Å². The third-order valence-electron chi connectivity index (χ3n) is 4.63. The second-order valence-electron chi connectivity index (χ2n) is 7.04. The van der Waals surface area contributed by atoms with E-state index in [1.807, 2.05) is 35.6 Å². The summed E-state index contributed by atoms with van der Waals surface area (Å²) in [5.74, 6) is 1.65. The number of pyridine rings is 1. The van der Waals surface area contributed by atoms with Gasteiger partial charge in [0.1, 0.15) is 5.82 Å². The number of rotatable bonds is 5. The molecule has 5 nitrogen and oxygen atoms in total. The first-order chi connectivity index (χ1) is 11.6. The van der Waals surface area contributed by atoms with Gasteiger partial charge in [-0.25, -0.2) is 4.98 Å². The number of amides is 1. The maximum absolute atomic E-state index is 12.6. The maximum Gasteiger partial charge on any atom is 0.223 e. The van der Waals surface area contributed by atoms with E-state index < -0.39 is 0 Å². The zero-order chi connectivity index (χ0) is 17.1. The summed E-state index contributed by atoms with van der Waals surface area (Å²) in [7, 11) is 0. The predicted molar refractivity (Wildman–Crippen MR) is 93.4 cm³/mol. The Morgan fingerprint density at radius 2 is 2.08 bits per heavy atom. The molecule has 0 N–H and O–H groups in total. The Kier molecular flexibility index (Phi) is 4.97. The lowest BCUT2D eigenvalue weighted by molar-refractivity contribution is -0.133. The van der Waals surface area contributed by atoms with Crippen molar-refractivity contribution in [3.63, 3.8) is 0 Å². The van der Waals surface area contributed by atoms with Crippen molar-refractivity contribution in [3.8, 4) is 0 Å². The molecule has 1 aliphatic rings. The molecule has 1 aliphatic heterocycles. The Morgan fingerprint density at radius 1 is 1.33 bits per heavy atom. The first-order valence-electron chi connectivity index (χ1n) is 8.76. The van der Waals surface area contributed by atoms with Crippen molar-refractivity contribution in [2.24, 2.45) is 5.92 Å². The van der Waals surface area contributed by atoms with Gasteiger partial charge < -0.3 is 9.47 Å². The van der Waals surface area contributed by atoms with Crippen LogP contribution < -0.4 is 0 Å². The Hall–Kier alpha value is -2.17. The maximum atomic E-state index is 12.6. The Balaban J connectivity index is 1.85. The minimum absolute atomic E-state index is 0.104. The SMILES string of the molecule is Cc1cnc(C2CCCN2C(=O)CC(C)C)n1Cc1ccncc1. The second-order valence-corrected chi connectivity index (χ2v) is 7.04. The van der Waals surface area contributed by atoms with Crippen LogP contribution in [0.15, 0.2) is 30.7 Å². The molecule has 128 valence electrons. The number of carbonyl (C=O) groups excluding carboxylic acids is 1. The number of aromatic nitrogens is 3. The molecule has 24 heavy (non-hydrogen) atoms. The van der Waals surface area contributed by atoms with Crippen molar-refractivity contribution in [3.05, 3.63) is 47.8 Å². The van der Waals surface area contributed by atoms with Crippen LogP contribution in [0.3, 0.4) is 0 Å². The molecule has 1 fully saturated rings. The molecule has 3 rings (SSSR count). The number of imidazole rings is 1. The van der Waals surface area contributed by atoms with Crippen molar-refractivity contribution in [1.82, 2.24) is 19.4 Å². The predicted octanol–water partition coefficient (Wildman–Crippen LogP) is 3.34. The van der Waals surface area contributed by atoms with Gasteiger partial charge in [0.15, 0.2) is 0 Å². The van der Waals surface area contributed by atoms with Crippen LogP contribution in [-0.2, 0) is 11.3 Å². The van der Waals surface area contributed by atoms with Gasteiger partial charge in [0.25, 0.3) is 0 Å². The van der Waals surface area contributed by atoms with E-state index in [2.05, 4.69) is 35.3 Å². The summed E-state index contributed by atoms with van der Waals surface area (Å²) < 4.78 is 2.24. The first-order valence-corrected chi connectivity index (χ1v) is 8.76. The van der Waals surface area contributed by atoms with Crippen LogP contribution in [0.2, 0.25) is 0 Å². The van der Waals surface area contributed by atoms with Gasteiger partial charge >= 0.3 is 0 Å². The average Bonchev–Trinajstić information content (AvgIpc) is 3.15. The number of hydrogen-bond acceptors (Lipinski definition) is 3. The molecular formula is C19H26N4O. The number of aryl methyl sites for hydroxylation is 1. The third kappa shape index (κ3) is 3.50. The summed E-state index contributed by atoms with van der Waals surface area (Å²) in [6.07, 6.45) is 8.21. The van der Waals surface area contributed by atoms with Crippen molar-refractivity contribution < 1.29 is 4.79 Å². The molecule has 1 atom stereocenters. The van der Waals surface area contributed by atoms with Crippen LogP contribution in [0, 0.1) is 12.8 Å². The van der Waals surface area contributed by atoms with Crippen LogP contribution in [-0.4, -0.2) is 31.9 Å². The van der Waals surface area contributed by atoms with Crippen LogP contribution in [0.4, 0.5) is 0 Å². The molecule has 0 spiro atoms. The Morgan fingerprint density at radius 3 is 2.79 bits per heavy atom. The highest BCUT2D eigenvalue weighted by atomic mass is 16.2. The smallest absolute Gasteiger partial charge is 0.223 e. The summed E-state index contributed by atoms with van der Waals surface area (Å²) in [6, 6.07) is 4.16. The lowest BCUT2D eigenvalue weighted by Gasteiger charge is -2.26. The zero-order valence-electron chi connectivity index (χ0n) is 14.8. The van der Waals surface area contributed by atoms with Crippen LogP contribution in [0.1, 0.15) is 56.2 Å². The van der Waals surface area contributed by atoms with Crippen molar-refractivity contribution in [2.75, 3.05) is 6.54 Å². The quantitative estimate of drug-likeness (QED) is 0.847. The Labute approximate surface area is 143 Å². The lowest BCUT2D eigenvalue weighted by atomic mass is 10.1. The van der Waals surface area contributed by atoms with Gasteiger partial charge in [-0.2, -0.15) is 0 Å². The Bertz CT molecular complexity index is 693. The summed E-state index contributed by atoms with van der Waals surface area (Å²) >= 11 is 0. The van der Waals surface area contributed by atoms with E-state index in [9.17, 15) is 4.79 Å². The summed E-state index contributed by atoms with van der Waals surface area (Å²) in [5.41, 5.74) is 2.33. The van der Waals surface area contributed by atoms with E-state index in [0.717, 1.165) is 37.4 Å². The fourth-order valence-electron chi connectivity index (χ4n) is 3.42. The monoisotopic (exact) mass is 326 g/mol. The highest BCUT2D eigenvalue weighted by molar-refractivity contribution is 5.77. The summed E-state index contributed by atoms with van der Waals surface area (Å²) in [4.78, 5) is 23.4. The zero-order valence-corrected chi connectivity index (χ0v) is 14.8. The van der Waals surface area contributed by atoms with E-state index in [1.165, 1.54) is 5.56 Å². The summed E-state index contributed by atoms with van der Waals surface area (Å²) in [6.45, 7) is 7.88. The van der Waals surface area contributed by atoms with Crippen LogP contribution >= 0.6 is 0 Å². The largest absolute Gasteiger partial charge is 0.332 e. The number of nitrogens with zero attached hydrogens (tertiary/aromatic N) is 4. The minimum atomic E-state index is 0.104. The molecule has 1 amide bonds. The van der Waals surface area contributed by atoms with Gasteiger partial charge in [0.05, 0.1) is 6.04 Å². The molecule has 5 heteroatoms. The normalized spacial score (nSPS) is 17.7. The first kappa shape index (κ1) is 16.7. The molecule has 1 saturated heterocycles. The summed E-state index contributed by atoms with van der Waals surface area (Å²) in [5, 5.41) is 0. The lowest BCUT2D eigenvalue weighted by Crippen LogP contribution is -2.32. The van der Waals surface area contributed by atoms with Crippen LogP contribution in [0.5, 0.6) is 0 Å². The molecule has 0 radical (unpaired) electrons. The van der Waals surface area contributed by atoms with Gasteiger partial charge in [0, 0.05) is 43.8 Å². The van der Waals surface area contributed by atoms with E-state index in [4.69, 9.17) is 0 Å². The topological polar surface area (TPSA) is 51.0 Å². The molecule has 0 saturated carbocycles. The van der Waals surface area contributed by atoms with E-state index in [0.29, 0.717) is 12.3 Å². The fourth-order valence-corrected chi connectivity index (χ4v) is 3.42. The van der Waals surface area contributed by atoms with Gasteiger partial charge in [-0.3, -0.25) is 9.78 Å². The molecule has 0 aromatic carbocycles. The standard InChI is InChI=1S/C19H26N4O/c1-14(2)11-18(24)22-10-4-5-17(22)19-21-12-15(3)23(19)13-16-6-8-20-9-7-16/h6-9,12,14,17H,4-5,10-11,13H2,1-3H3. The van der Waals surface area contributed by atoms with Crippen molar-refractivity contribution >= 4 is 5.91 Å². The number of likely N-dealkylation sites (tertiary alicyclic amines) is 1. The van der Waals surface area contributed by atoms with Crippen molar-refractivity contribution in [2.45, 2.75) is 52.6 Å². The molecule has 3 heterocycles.